The van der Waals surface area contributed by atoms with Crippen molar-refractivity contribution in [3.63, 3.8) is 0 Å². The summed E-state index contributed by atoms with van der Waals surface area (Å²) in [6, 6.07) is 17.6. The predicted molar refractivity (Wildman–Crippen MR) is 163 cm³/mol. The Balaban J connectivity index is 1.76. The van der Waals surface area contributed by atoms with Crippen molar-refractivity contribution in [2.45, 2.75) is 96.6 Å². The lowest BCUT2D eigenvalue weighted by Crippen LogP contribution is -2.59. The van der Waals surface area contributed by atoms with Gasteiger partial charge in [-0.3, -0.25) is 14.5 Å². The standard InChI is InChI=1S/C34H48F3N3O3/c1-24(2)29(31(41)34(35,36)37)38-32(42)28-20-13-23-40(28)33(43)30(25(3)4)39(21-11-18-26-14-7-5-8-15-26)22-12-19-27-16-9-6-10-17-27/h5-10,14-17,24-25,28-31,41H,11-13,18-23H2,1-4H3,(H,38,42)/t28-,29?,30-,31?/m0/s1. The van der Waals surface area contributed by atoms with E-state index in [1.54, 1.807) is 4.90 Å². The summed E-state index contributed by atoms with van der Waals surface area (Å²) < 4.78 is 40.0. The SMILES string of the molecule is CC(C)C(NC(=O)[C@@H]1CCCN1C(=O)[C@H](C(C)C)N(CCCc1ccccc1)CCCc1ccccc1)C(O)C(F)(F)F. The molecular weight excluding hydrogens is 555 g/mol. The van der Waals surface area contributed by atoms with Crippen molar-refractivity contribution < 1.29 is 27.9 Å². The van der Waals surface area contributed by atoms with Crippen molar-refractivity contribution in [2.24, 2.45) is 11.8 Å². The molecular formula is C34H48F3N3O3. The third-order valence-corrected chi connectivity index (χ3v) is 8.33. The van der Waals surface area contributed by atoms with Crippen LogP contribution < -0.4 is 5.32 Å². The molecule has 2 aromatic rings. The molecule has 238 valence electrons. The molecule has 0 spiro atoms. The molecule has 2 unspecified atom stereocenters. The quantitative estimate of drug-likeness (QED) is 0.277. The van der Waals surface area contributed by atoms with Crippen LogP contribution in [0.2, 0.25) is 0 Å². The van der Waals surface area contributed by atoms with E-state index in [9.17, 15) is 27.9 Å². The average molecular weight is 604 g/mol. The number of amides is 2. The van der Waals surface area contributed by atoms with Crippen molar-refractivity contribution in [2.75, 3.05) is 19.6 Å². The van der Waals surface area contributed by atoms with Crippen LogP contribution in [-0.2, 0) is 22.4 Å². The highest BCUT2D eigenvalue weighted by Crippen LogP contribution is 2.27. The Morgan fingerprint density at radius 1 is 0.907 bits per heavy atom. The Hall–Kier alpha value is -2.91. The molecule has 1 fully saturated rings. The second-order valence-electron chi connectivity index (χ2n) is 12.4. The molecule has 0 aromatic heterocycles. The summed E-state index contributed by atoms with van der Waals surface area (Å²) in [5, 5.41) is 12.4. The fourth-order valence-electron chi connectivity index (χ4n) is 6.06. The second kappa shape index (κ2) is 16.2. The molecule has 2 N–H and O–H groups in total. The van der Waals surface area contributed by atoms with E-state index in [1.165, 1.54) is 25.0 Å². The van der Waals surface area contributed by atoms with E-state index in [0.717, 1.165) is 25.7 Å². The molecule has 0 saturated carbocycles. The number of rotatable bonds is 15. The zero-order chi connectivity index (χ0) is 31.6. The van der Waals surface area contributed by atoms with Crippen LogP contribution in [0.1, 0.15) is 64.5 Å². The summed E-state index contributed by atoms with van der Waals surface area (Å²) in [6.45, 7) is 8.83. The number of hydrogen-bond donors (Lipinski definition) is 2. The van der Waals surface area contributed by atoms with Gasteiger partial charge in [0, 0.05) is 6.54 Å². The fraction of sp³-hybridized carbons (Fsp3) is 0.588. The molecule has 1 aliphatic heterocycles. The number of carbonyl (C=O) groups is 2. The average Bonchev–Trinajstić information content (AvgIpc) is 3.46. The van der Waals surface area contributed by atoms with Gasteiger partial charge in [0.25, 0.3) is 0 Å². The number of carbonyl (C=O) groups excluding carboxylic acids is 2. The van der Waals surface area contributed by atoms with Gasteiger partial charge in [-0.2, -0.15) is 13.2 Å². The van der Waals surface area contributed by atoms with Gasteiger partial charge in [0.1, 0.15) is 6.04 Å². The summed E-state index contributed by atoms with van der Waals surface area (Å²) in [7, 11) is 0. The van der Waals surface area contributed by atoms with E-state index in [-0.39, 0.29) is 11.8 Å². The van der Waals surface area contributed by atoms with Crippen LogP contribution in [0.15, 0.2) is 60.7 Å². The Kier molecular flexibility index (Phi) is 13.1. The minimum absolute atomic E-state index is 0.0410. The lowest BCUT2D eigenvalue weighted by atomic mass is 9.96. The number of aliphatic hydroxyl groups excluding tert-OH is 1. The molecule has 9 heteroatoms. The highest BCUT2D eigenvalue weighted by atomic mass is 19.4. The lowest BCUT2D eigenvalue weighted by Gasteiger charge is -2.38. The molecule has 3 rings (SSSR count). The molecule has 43 heavy (non-hydrogen) atoms. The Morgan fingerprint density at radius 2 is 1.42 bits per heavy atom. The van der Waals surface area contributed by atoms with Crippen molar-refractivity contribution in [1.82, 2.24) is 15.1 Å². The van der Waals surface area contributed by atoms with Gasteiger partial charge in [0.2, 0.25) is 11.8 Å². The number of nitrogens with zero attached hydrogens (tertiary/aromatic N) is 2. The molecule has 0 bridgehead atoms. The van der Waals surface area contributed by atoms with Crippen LogP contribution in [-0.4, -0.2) is 76.8 Å². The molecule has 0 radical (unpaired) electrons. The van der Waals surface area contributed by atoms with Crippen molar-refractivity contribution >= 4 is 11.8 Å². The van der Waals surface area contributed by atoms with E-state index in [1.807, 2.05) is 50.2 Å². The largest absolute Gasteiger partial charge is 0.416 e. The van der Waals surface area contributed by atoms with Crippen LogP contribution in [0, 0.1) is 11.8 Å². The fourth-order valence-corrected chi connectivity index (χ4v) is 6.06. The number of aryl methyl sites for hydroxylation is 2. The monoisotopic (exact) mass is 603 g/mol. The second-order valence-corrected chi connectivity index (χ2v) is 12.4. The first-order chi connectivity index (χ1) is 20.4. The Labute approximate surface area is 254 Å². The summed E-state index contributed by atoms with van der Waals surface area (Å²) in [5.41, 5.74) is 2.47. The van der Waals surface area contributed by atoms with Crippen molar-refractivity contribution in [3.05, 3.63) is 71.8 Å². The molecule has 6 nitrogen and oxygen atoms in total. The molecule has 1 saturated heterocycles. The maximum absolute atomic E-state index is 14.2. The van der Waals surface area contributed by atoms with Crippen LogP contribution in [0.4, 0.5) is 13.2 Å². The first kappa shape index (κ1) is 34.6. The Bertz CT molecular complexity index is 1080. The third kappa shape index (κ3) is 10.1. The van der Waals surface area contributed by atoms with Crippen LogP contribution in [0.3, 0.4) is 0 Å². The number of hydrogen-bond acceptors (Lipinski definition) is 4. The number of halogens is 3. The van der Waals surface area contributed by atoms with Crippen LogP contribution >= 0.6 is 0 Å². The molecule has 2 amide bonds. The van der Waals surface area contributed by atoms with Crippen LogP contribution in [0.5, 0.6) is 0 Å². The van der Waals surface area contributed by atoms with Gasteiger partial charge in [-0.25, -0.2) is 0 Å². The summed E-state index contributed by atoms with van der Waals surface area (Å²) in [6.07, 6.45) is -3.11. The zero-order valence-corrected chi connectivity index (χ0v) is 25.9. The summed E-state index contributed by atoms with van der Waals surface area (Å²) >= 11 is 0. The Morgan fingerprint density at radius 3 is 1.86 bits per heavy atom. The molecule has 4 atom stereocenters. The molecule has 2 aromatic carbocycles. The molecule has 0 aliphatic carbocycles. The molecule has 1 heterocycles. The molecule has 1 aliphatic rings. The zero-order valence-electron chi connectivity index (χ0n) is 25.9. The first-order valence-electron chi connectivity index (χ1n) is 15.6. The minimum Gasteiger partial charge on any atom is -0.382 e. The van der Waals surface area contributed by atoms with E-state index in [2.05, 4.69) is 34.5 Å². The van der Waals surface area contributed by atoms with Gasteiger partial charge >= 0.3 is 6.18 Å². The summed E-state index contributed by atoms with van der Waals surface area (Å²) in [4.78, 5) is 31.3. The van der Waals surface area contributed by atoms with Gasteiger partial charge in [-0.15, -0.1) is 0 Å². The topological polar surface area (TPSA) is 72.9 Å². The van der Waals surface area contributed by atoms with Gasteiger partial charge in [0.05, 0.1) is 12.1 Å². The maximum Gasteiger partial charge on any atom is 0.416 e. The third-order valence-electron chi connectivity index (χ3n) is 8.33. The number of likely N-dealkylation sites (tertiary alicyclic amines) is 1. The number of aliphatic hydroxyl groups is 1. The number of benzene rings is 2. The van der Waals surface area contributed by atoms with E-state index in [4.69, 9.17) is 0 Å². The smallest absolute Gasteiger partial charge is 0.382 e. The first-order valence-corrected chi connectivity index (χ1v) is 15.6. The highest BCUT2D eigenvalue weighted by molar-refractivity contribution is 5.90. The van der Waals surface area contributed by atoms with Gasteiger partial charge < -0.3 is 15.3 Å². The van der Waals surface area contributed by atoms with Gasteiger partial charge in [0.15, 0.2) is 6.10 Å². The van der Waals surface area contributed by atoms with Crippen LogP contribution in [0.25, 0.3) is 0 Å². The van der Waals surface area contributed by atoms with Gasteiger partial charge in [-0.05, 0) is 74.6 Å². The number of alkyl halides is 3. The van der Waals surface area contributed by atoms with Crippen molar-refractivity contribution in [1.29, 1.82) is 0 Å². The maximum atomic E-state index is 14.2. The van der Waals surface area contributed by atoms with Gasteiger partial charge in [-0.1, -0.05) is 88.4 Å². The highest BCUT2D eigenvalue weighted by Gasteiger charge is 2.47. The predicted octanol–water partition coefficient (Wildman–Crippen LogP) is 5.63. The number of nitrogens with one attached hydrogen (secondary N) is 1. The van der Waals surface area contributed by atoms with E-state index in [0.29, 0.717) is 32.5 Å². The van der Waals surface area contributed by atoms with E-state index < -0.39 is 42.2 Å². The van der Waals surface area contributed by atoms with E-state index >= 15 is 0 Å². The normalized spacial score (nSPS) is 17.8. The van der Waals surface area contributed by atoms with Crippen molar-refractivity contribution in [3.8, 4) is 0 Å². The summed E-state index contributed by atoms with van der Waals surface area (Å²) in [5.74, 6) is -1.50. The lowest BCUT2D eigenvalue weighted by molar-refractivity contribution is -0.215. The minimum atomic E-state index is -4.86.